The number of nitrogens with zero attached hydrogens (tertiary/aromatic N) is 3. The molecule has 0 aliphatic carbocycles. The fourth-order valence-electron chi connectivity index (χ4n) is 3.62. The second-order valence-corrected chi connectivity index (χ2v) is 6.45. The summed E-state index contributed by atoms with van der Waals surface area (Å²) in [6, 6.07) is 21.0. The number of rotatable bonds is 2. The van der Waals surface area contributed by atoms with E-state index < -0.39 is 0 Å². The van der Waals surface area contributed by atoms with Gasteiger partial charge in [-0.1, -0.05) is 48.5 Å². The summed E-state index contributed by atoms with van der Waals surface area (Å²) < 4.78 is 0. The van der Waals surface area contributed by atoms with Crippen molar-refractivity contribution >= 4 is 11.5 Å². The minimum absolute atomic E-state index is 0.902. The molecule has 0 saturated carbocycles. The topological polar surface area (TPSA) is 44.8 Å². The predicted molar refractivity (Wildman–Crippen MR) is 100 cm³/mol. The van der Waals surface area contributed by atoms with E-state index >= 15 is 0 Å². The van der Waals surface area contributed by atoms with Crippen LogP contribution in [0.25, 0.3) is 22.6 Å². The van der Waals surface area contributed by atoms with E-state index in [1.165, 1.54) is 11.3 Å². The van der Waals surface area contributed by atoms with Gasteiger partial charge in [-0.3, -0.25) is 0 Å². The van der Waals surface area contributed by atoms with Crippen molar-refractivity contribution in [2.75, 3.05) is 11.4 Å². The van der Waals surface area contributed by atoms with Gasteiger partial charge in [0, 0.05) is 17.8 Å². The van der Waals surface area contributed by atoms with Gasteiger partial charge in [0.1, 0.15) is 11.5 Å². The number of fused-ring (bicyclic) bond motifs is 2. The Labute approximate surface area is 146 Å². The number of hydrogen-bond acceptors (Lipinski definition) is 3. The molecule has 2 aromatic carbocycles. The average Bonchev–Trinajstić information content (AvgIpc) is 3.26. The molecule has 0 unspecified atom stereocenters. The molecule has 1 N–H and O–H groups in total. The van der Waals surface area contributed by atoms with Gasteiger partial charge in [-0.25, -0.2) is 9.97 Å². The summed E-state index contributed by atoms with van der Waals surface area (Å²) in [6.07, 6.45) is 1.04. The molecule has 3 heterocycles. The highest BCUT2D eigenvalue weighted by Gasteiger charge is 2.26. The summed E-state index contributed by atoms with van der Waals surface area (Å²) in [6.45, 7) is 2.94. The molecule has 25 heavy (non-hydrogen) atoms. The van der Waals surface area contributed by atoms with E-state index in [0.29, 0.717) is 0 Å². The maximum atomic E-state index is 4.91. The molecule has 4 nitrogen and oxygen atoms in total. The van der Waals surface area contributed by atoms with Crippen molar-refractivity contribution in [1.29, 1.82) is 0 Å². The van der Waals surface area contributed by atoms with Crippen molar-refractivity contribution in [3.63, 3.8) is 0 Å². The summed E-state index contributed by atoms with van der Waals surface area (Å²) in [4.78, 5) is 15.4. The molecule has 0 fully saturated rings. The molecular formula is C21H18N4. The van der Waals surface area contributed by atoms with Crippen LogP contribution in [0.2, 0.25) is 0 Å². The lowest BCUT2D eigenvalue weighted by molar-refractivity contribution is 0.942. The summed E-state index contributed by atoms with van der Waals surface area (Å²) >= 11 is 0. The molecule has 0 spiro atoms. The molecule has 122 valence electrons. The van der Waals surface area contributed by atoms with Crippen LogP contribution in [0, 0.1) is 6.92 Å². The number of benzene rings is 2. The first-order chi connectivity index (χ1) is 12.3. The maximum absolute atomic E-state index is 4.91. The Morgan fingerprint density at radius 2 is 1.76 bits per heavy atom. The summed E-state index contributed by atoms with van der Waals surface area (Å²) in [5.74, 6) is 1.84. The molecule has 0 saturated heterocycles. The minimum Gasteiger partial charge on any atom is -0.342 e. The molecule has 0 aromatic heterocycles. The van der Waals surface area contributed by atoms with Gasteiger partial charge in [-0.15, -0.1) is 0 Å². The molecule has 2 aromatic rings. The monoisotopic (exact) mass is 326 g/mol. The highest BCUT2D eigenvalue weighted by atomic mass is 15.2. The summed E-state index contributed by atoms with van der Waals surface area (Å²) in [5.41, 5.74) is 6.68. The van der Waals surface area contributed by atoms with Gasteiger partial charge < -0.3 is 9.88 Å². The third kappa shape index (κ3) is 2.30. The Bertz CT molecular complexity index is 1020. The zero-order valence-electron chi connectivity index (χ0n) is 14.0. The summed E-state index contributed by atoms with van der Waals surface area (Å²) in [7, 11) is 0. The van der Waals surface area contributed by atoms with E-state index in [0.717, 1.165) is 47.3 Å². The lowest BCUT2D eigenvalue weighted by Crippen LogP contribution is -2.17. The maximum Gasteiger partial charge on any atom is 0.163 e. The number of H-pyrrole nitrogens is 1. The molecule has 0 atom stereocenters. The molecule has 0 amide bonds. The van der Waals surface area contributed by atoms with Crippen LogP contribution in [0.3, 0.4) is 0 Å². The third-order valence-electron chi connectivity index (χ3n) is 4.78. The quantitative estimate of drug-likeness (QED) is 0.586. The number of anilines is 2. The van der Waals surface area contributed by atoms with Crippen molar-refractivity contribution in [3.05, 3.63) is 72.1 Å². The van der Waals surface area contributed by atoms with Crippen molar-refractivity contribution in [3.8, 4) is 22.6 Å². The van der Waals surface area contributed by atoms with Crippen molar-refractivity contribution in [2.24, 2.45) is 0 Å². The standard InChI is InChI=1S/C21H18N4/c1-14-22-18-13-17(15-7-3-2-4-8-15)24-20(18)21(23-14)25-12-11-16-9-5-6-10-19(16)25/h2-10,13H,11-12H2,1H3,(H,22,23). The SMILES string of the molecule is Cc1nc(N2CCc3ccccc32)c2nc(-c3ccccc3)cc-2[nH]1. The van der Waals surface area contributed by atoms with Crippen molar-refractivity contribution in [1.82, 2.24) is 15.0 Å². The third-order valence-corrected chi connectivity index (χ3v) is 4.78. The first-order valence-corrected chi connectivity index (χ1v) is 8.58. The second-order valence-electron chi connectivity index (χ2n) is 6.45. The van der Waals surface area contributed by atoms with Crippen LogP contribution < -0.4 is 4.90 Å². The van der Waals surface area contributed by atoms with Crippen LogP contribution in [-0.2, 0) is 6.42 Å². The second kappa shape index (κ2) is 5.45. The van der Waals surface area contributed by atoms with Crippen LogP contribution in [0.5, 0.6) is 0 Å². The Morgan fingerprint density at radius 1 is 0.960 bits per heavy atom. The normalized spacial score (nSPS) is 13.4. The highest BCUT2D eigenvalue weighted by Crippen LogP contribution is 2.39. The molecule has 0 bridgehead atoms. The fraction of sp³-hybridized carbons (Fsp3) is 0.143. The van der Waals surface area contributed by atoms with Crippen LogP contribution in [0.15, 0.2) is 60.7 Å². The van der Waals surface area contributed by atoms with E-state index in [-0.39, 0.29) is 0 Å². The summed E-state index contributed by atoms with van der Waals surface area (Å²) in [5, 5.41) is 0. The van der Waals surface area contributed by atoms with E-state index in [4.69, 9.17) is 9.97 Å². The van der Waals surface area contributed by atoms with Crippen LogP contribution in [-0.4, -0.2) is 21.5 Å². The van der Waals surface area contributed by atoms with Crippen LogP contribution >= 0.6 is 0 Å². The molecule has 4 heteroatoms. The van der Waals surface area contributed by atoms with Crippen LogP contribution in [0.1, 0.15) is 11.4 Å². The number of para-hydroxylation sites is 1. The van der Waals surface area contributed by atoms with Crippen molar-refractivity contribution in [2.45, 2.75) is 13.3 Å². The van der Waals surface area contributed by atoms with Gasteiger partial charge in [0.05, 0.1) is 11.4 Å². The Morgan fingerprint density at radius 3 is 2.64 bits per heavy atom. The molecule has 3 aliphatic heterocycles. The van der Waals surface area contributed by atoms with Gasteiger partial charge in [0.15, 0.2) is 5.82 Å². The zero-order chi connectivity index (χ0) is 16.8. The predicted octanol–water partition coefficient (Wildman–Crippen LogP) is 4.58. The smallest absolute Gasteiger partial charge is 0.163 e. The molecular weight excluding hydrogens is 308 g/mol. The lowest BCUT2D eigenvalue weighted by atomic mass is 10.1. The van der Waals surface area contributed by atoms with Gasteiger partial charge in [0.25, 0.3) is 0 Å². The van der Waals surface area contributed by atoms with Gasteiger partial charge in [-0.2, -0.15) is 0 Å². The van der Waals surface area contributed by atoms with Gasteiger partial charge in [-0.05, 0) is 31.0 Å². The molecule has 5 rings (SSSR count). The van der Waals surface area contributed by atoms with E-state index in [9.17, 15) is 0 Å². The van der Waals surface area contributed by atoms with E-state index in [1.54, 1.807) is 0 Å². The fourth-order valence-corrected chi connectivity index (χ4v) is 3.62. The first-order valence-electron chi connectivity index (χ1n) is 8.58. The molecule has 0 radical (unpaired) electrons. The average molecular weight is 326 g/mol. The Balaban J connectivity index is 1.68. The number of hydrogen-bond donors (Lipinski definition) is 1. The number of nitrogens with one attached hydrogen (secondary N) is 1. The van der Waals surface area contributed by atoms with Crippen molar-refractivity contribution < 1.29 is 0 Å². The Hall–Kier alpha value is -3.14. The van der Waals surface area contributed by atoms with E-state index in [2.05, 4.69) is 52.3 Å². The highest BCUT2D eigenvalue weighted by molar-refractivity contribution is 5.82. The first kappa shape index (κ1) is 14.2. The number of aromatic amines is 1. The largest absolute Gasteiger partial charge is 0.342 e. The van der Waals surface area contributed by atoms with Gasteiger partial charge >= 0.3 is 0 Å². The molecule has 3 aliphatic rings. The lowest BCUT2D eigenvalue weighted by Gasteiger charge is -2.21. The minimum atomic E-state index is 0.902. The Kier molecular flexibility index (Phi) is 3.10. The van der Waals surface area contributed by atoms with Crippen LogP contribution in [0.4, 0.5) is 11.5 Å². The van der Waals surface area contributed by atoms with E-state index in [1.807, 2.05) is 25.1 Å². The number of aromatic nitrogens is 3. The number of aryl methyl sites for hydroxylation is 1. The van der Waals surface area contributed by atoms with Gasteiger partial charge in [0.2, 0.25) is 0 Å². The zero-order valence-corrected chi connectivity index (χ0v) is 14.0.